The van der Waals surface area contributed by atoms with Gasteiger partial charge >= 0.3 is 0 Å². The van der Waals surface area contributed by atoms with E-state index in [0.717, 1.165) is 0 Å². The number of piperazine rings is 1. The first-order chi connectivity index (χ1) is 9.82. The largest absolute Gasteiger partial charge is 0.340 e. The van der Waals surface area contributed by atoms with Crippen LogP contribution in [0.5, 0.6) is 0 Å². The van der Waals surface area contributed by atoms with E-state index in [1.807, 2.05) is 0 Å². The van der Waals surface area contributed by atoms with Gasteiger partial charge in [0.15, 0.2) is 0 Å². The number of amides is 1. The van der Waals surface area contributed by atoms with Gasteiger partial charge in [0, 0.05) is 38.7 Å². The van der Waals surface area contributed by atoms with E-state index in [1.165, 1.54) is 35.5 Å². The molecule has 1 aliphatic heterocycles. The number of hydrogen-bond acceptors (Lipinski definition) is 4. The molecule has 0 aromatic heterocycles. The van der Waals surface area contributed by atoms with Crippen molar-refractivity contribution >= 4 is 32.8 Å². The molecule has 0 bridgehead atoms. The number of carbonyl (C=O) groups is 2. The van der Waals surface area contributed by atoms with Crippen molar-refractivity contribution in [1.82, 2.24) is 9.21 Å². The molecule has 0 aliphatic carbocycles. The smallest absolute Gasteiger partial charge is 0.252 e. The summed E-state index contributed by atoms with van der Waals surface area (Å²) in [5.74, 6) is -0.0678. The lowest BCUT2D eigenvalue weighted by molar-refractivity contribution is -0.129. The Hall–Kier alpha value is -1.44. The summed E-state index contributed by atoms with van der Waals surface area (Å²) < 4.78 is 26.3. The molecule has 1 aliphatic rings. The van der Waals surface area contributed by atoms with Crippen molar-refractivity contribution in [3.05, 3.63) is 29.8 Å². The average molecular weight is 331 g/mol. The molecule has 21 heavy (non-hydrogen) atoms. The van der Waals surface area contributed by atoms with Gasteiger partial charge in [-0.1, -0.05) is 12.1 Å². The third-order valence-corrected chi connectivity index (χ3v) is 5.50. The molecule has 6 nitrogen and oxygen atoms in total. The molecule has 0 unspecified atom stereocenters. The molecule has 1 amide bonds. The predicted molar refractivity (Wildman–Crippen MR) is 77.6 cm³/mol. The minimum absolute atomic E-state index is 0.0327. The molecule has 8 heteroatoms. The maximum Gasteiger partial charge on any atom is 0.252 e. The van der Waals surface area contributed by atoms with E-state index in [4.69, 9.17) is 11.6 Å². The maximum atomic E-state index is 12.5. The van der Waals surface area contributed by atoms with Crippen LogP contribution in [0.25, 0.3) is 0 Å². The van der Waals surface area contributed by atoms with E-state index in [0.29, 0.717) is 13.1 Å². The van der Waals surface area contributed by atoms with Gasteiger partial charge in [0.25, 0.3) is 5.24 Å². The number of benzene rings is 1. The first kappa shape index (κ1) is 15.9. The lowest BCUT2D eigenvalue weighted by Crippen LogP contribution is -2.49. The summed E-state index contributed by atoms with van der Waals surface area (Å²) in [5, 5.41) is -0.701. The van der Waals surface area contributed by atoms with Crippen molar-refractivity contribution in [2.75, 3.05) is 26.2 Å². The fourth-order valence-electron chi connectivity index (χ4n) is 2.17. The van der Waals surface area contributed by atoms with Crippen molar-refractivity contribution in [3.63, 3.8) is 0 Å². The van der Waals surface area contributed by atoms with Gasteiger partial charge in [-0.3, -0.25) is 9.59 Å². The van der Waals surface area contributed by atoms with Crippen LogP contribution in [-0.4, -0.2) is 55.0 Å². The van der Waals surface area contributed by atoms with Gasteiger partial charge in [-0.2, -0.15) is 4.31 Å². The normalized spacial score (nSPS) is 16.8. The van der Waals surface area contributed by atoms with Crippen LogP contribution < -0.4 is 0 Å². The molecule has 1 aromatic carbocycles. The number of carbonyl (C=O) groups excluding carboxylic acids is 2. The summed E-state index contributed by atoms with van der Waals surface area (Å²) in [7, 11) is -3.68. The third-order valence-electron chi connectivity index (χ3n) is 3.38. The van der Waals surface area contributed by atoms with Gasteiger partial charge in [0.05, 0.1) is 4.90 Å². The molecule has 0 atom stereocenters. The summed E-state index contributed by atoms with van der Waals surface area (Å²) in [6, 6.07) is 5.63. The van der Waals surface area contributed by atoms with Crippen LogP contribution in [0.4, 0.5) is 0 Å². The van der Waals surface area contributed by atoms with Crippen LogP contribution >= 0.6 is 11.6 Å². The van der Waals surface area contributed by atoms with Crippen LogP contribution in [0.15, 0.2) is 29.2 Å². The zero-order valence-corrected chi connectivity index (χ0v) is 13.0. The predicted octanol–water partition coefficient (Wildman–Crippen LogP) is 0.918. The molecular weight excluding hydrogens is 316 g/mol. The molecule has 1 fully saturated rings. The minimum atomic E-state index is -3.68. The van der Waals surface area contributed by atoms with E-state index in [2.05, 4.69) is 0 Å². The van der Waals surface area contributed by atoms with Crippen molar-refractivity contribution in [2.45, 2.75) is 11.8 Å². The Labute approximate surface area is 128 Å². The Kier molecular flexibility index (Phi) is 4.65. The fraction of sp³-hybridized carbons (Fsp3) is 0.385. The highest BCUT2D eigenvalue weighted by Gasteiger charge is 2.29. The number of hydrogen-bond donors (Lipinski definition) is 0. The SMILES string of the molecule is CC(=O)N1CCN(S(=O)(=O)c2cccc(C(=O)Cl)c2)CC1. The number of sulfonamides is 1. The Morgan fingerprint density at radius 3 is 2.29 bits per heavy atom. The summed E-state index contributed by atoms with van der Waals surface area (Å²) in [6.07, 6.45) is 0. The quantitative estimate of drug-likeness (QED) is 0.772. The van der Waals surface area contributed by atoms with E-state index >= 15 is 0 Å². The summed E-state index contributed by atoms with van der Waals surface area (Å²) in [6.45, 7) is 2.66. The fourth-order valence-corrected chi connectivity index (χ4v) is 3.76. The Balaban J connectivity index is 2.21. The second-order valence-electron chi connectivity index (χ2n) is 4.71. The Bertz CT molecular complexity index is 667. The molecule has 0 N–H and O–H groups in total. The first-order valence-electron chi connectivity index (χ1n) is 6.38. The van der Waals surface area contributed by atoms with Crippen molar-refractivity contribution in [2.24, 2.45) is 0 Å². The molecule has 0 radical (unpaired) electrons. The zero-order chi connectivity index (χ0) is 15.6. The van der Waals surface area contributed by atoms with Crippen molar-refractivity contribution in [3.8, 4) is 0 Å². The van der Waals surface area contributed by atoms with Gasteiger partial charge in [0.2, 0.25) is 15.9 Å². The van der Waals surface area contributed by atoms with Crippen molar-refractivity contribution < 1.29 is 18.0 Å². The van der Waals surface area contributed by atoms with Gasteiger partial charge in [0.1, 0.15) is 0 Å². The van der Waals surface area contributed by atoms with Crippen LogP contribution in [0, 0.1) is 0 Å². The molecule has 0 saturated carbocycles. The second kappa shape index (κ2) is 6.13. The minimum Gasteiger partial charge on any atom is -0.340 e. The van der Waals surface area contributed by atoms with Crippen LogP contribution in [0.3, 0.4) is 0 Å². The topological polar surface area (TPSA) is 74.8 Å². The molecule has 114 valence electrons. The summed E-state index contributed by atoms with van der Waals surface area (Å²) in [4.78, 5) is 24.0. The maximum absolute atomic E-state index is 12.5. The highest BCUT2D eigenvalue weighted by molar-refractivity contribution is 7.89. The molecule has 1 saturated heterocycles. The van der Waals surface area contributed by atoms with Gasteiger partial charge < -0.3 is 4.90 Å². The van der Waals surface area contributed by atoms with E-state index in [1.54, 1.807) is 4.90 Å². The number of halogens is 1. The molecule has 0 spiro atoms. The third kappa shape index (κ3) is 3.42. The highest BCUT2D eigenvalue weighted by atomic mass is 35.5. The van der Waals surface area contributed by atoms with Crippen molar-refractivity contribution in [1.29, 1.82) is 0 Å². The van der Waals surface area contributed by atoms with E-state index in [9.17, 15) is 18.0 Å². The van der Waals surface area contributed by atoms with Crippen LogP contribution in [-0.2, 0) is 14.8 Å². The Morgan fingerprint density at radius 2 is 1.76 bits per heavy atom. The molecule has 2 rings (SSSR count). The van der Waals surface area contributed by atoms with E-state index in [-0.39, 0.29) is 29.5 Å². The second-order valence-corrected chi connectivity index (χ2v) is 6.99. The monoisotopic (exact) mass is 330 g/mol. The van der Waals surface area contributed by atoms with Crippen LogP contribution in [0.2, 0.25) is 0 Å². The molecular formula is C13H15ClN2O4S. The lowest BCUT2D eigenvalue weighted by atomic mass is 10.2. The number of rotatable bonds is 3. The molecule has 1 aromatic rings. The zero-order valence-electron chi connectivity index (χ0n) is 11.5. The van der Waals surface area contributed by atoms with Gasteiger partial charge in [-0.25, -0.2) is 8.42 Å². The molecule has 1 heterocycles. The van der Waals surface area contributed by atoms with E-state index < -0.39 is 15.3 Å². The summed E-state index contributed by atoms with van der Waals surface area (Å²) >= 11 is 5.37. The standard InChI is InChI=1S/C13H15ClN2O4S/c1-10(17)15-5-7-16(8-6-15)21(19,20)12-4-2-3-11(9-12)13(14)18/h2-4,9H,5-8H2,1H3. The highest BCUT2D eigenvalue weighted by Crippen LogP contribution is 2.19. The van der Waals surface area contributed by atoms with Gasteiger partial charge in [-0.15, -0.1) is 0 Å². The Morgan fingerprint density at radius 1 is 1.14 bits per heavy atom. The lowest BCUT2D eigenvalue weighted by Gasteiger charge is -2.33. The van der Waals surface area contributed by atoms with Crippen LogP contribution in [0.1, 0.15) is 17.3 Å². The average Bonchev–Trinajstić information content (AvgIpc) is 2.47. The van der Waals surface area contributed by atoms with Gasteiger partial charge in [-0.05, 0) is 23.7 Å². The number of nitrogens with zero attached hydrogens (tertiary/aromatic N) is 2. The summed E-state index contributed by atoms with van der Waals surface area (Å²) in [5.41, 5.74) is 0.139. The first-order valence-corrected chi connectivity index (χ1v) is 8.20.